The lowest BCUT2D eigenvalue weighted by atomic mass is 9.98. The molecule has 0 spiro atoms. The van der Waals surface area contributed by atoms with Crippen LogP contribution in [-0.2, 0) is 16.0 Å². The molecule has 0 saturated heterocycles. The van der Waals surface area contributed by atoms with Gasteiger partial charge < -0.3 is 9.64 Å². The molecule has 0 atom stereocenters. The van der Waals surface area contributed by atoms with Gasteiger partial charge in [0.25, 0.3) is 11.6 Å². The maximum atomic E-state index is 13.8. The summed E-state index contributed by atoms with van der Waals surface area (Å²) < 4.78 is 19.1. The molecule has 0 radical (unpaired) electrons. The summed E-state index contributed by atoms with van der Waals surface area (Å²) >= 11 is 0. The first-order valence-electron chi connectivity index (χ1n) is 9.16. The van der Waals surface area contributed by atoms with E-state index in [9.17, 15) is 24.1 Å². The fourth-order valence-electron chi connectivity index (χ4n) is 3.87. The minimum Gasteiger partial charge on any atom is -0.482 e. The van der Waals surface area contributed by atoms with Crippen molar-refractivity contribution in [2.24, 2.45) is 0 Å². The second kappa shape index (κ2) is 7.16. The summed E-state index contributed by atoms with van der Waals surface area (Å²) in [5, 5.41) is 11.1. The number of anilines is 2. The molecule has 9 heteroatoms. The summed E-state index contributed by atoms with van der Waals surface area (Å²) in [6.45, 7) is 1.66. The van der Waals surface area contributed by atoms with Gasteiger partial charge in [0.05, 0.1) is 10.6 Å². The third-order valence-corrected chi connectivity index (χ3v) is 5.13. The first-order valence-corrected chi connectivity index (χ1v) is 9.16. The first kappa shape index (κ1) is 18.9. The van der Waals surface area contributed by atoms with Crippen LogP contribution in [0.2, 0.25) is 0 Å². The predicted molar refractivity (Wildman–Crippen MR) is 103 cm³/mol. The number of ether oxygens (including phenoxy) is 1. The predicted octanol–water partition coefficient (Wildman–Crippen LogP) is 2.75. The van der Waals surface area contributed by atoms with Crippen LogP contribution in [-0.4, -0.2) is 36.4 Å². The number of hydrogen-bond acceptors (Lipinski definition) is 5. The lowest BCUT2D eigenvalue weighted by Crippen LogP contribution is -2.48. The molecular weight excluding hydrogens is 381 g/mol. The van der Waals surface area contributed by atoms with Gasteiger partial charge in [0.2, 0.25) is 5.91 Å². The Morgan fingerprint density at radius 3 is 2.86 bits per heavy atom. The highest BCUT2D eigenvalue weighted by molar-refractivity contribution is 6.06. The van der Waals surface area contributed by atoms with Crippen molar-refractivity contribution in [3.05, 3.63) is 57.4 Å². The third-order valence-electron chi connectivity index (χ3n) is 5.13. The van der Waals surface area contributed by atoms with Crippen molar-refractivity contribution in [1.82, 2.24) is 0 Å². The van der Waals surface area contributed by atoms with Crippen LogP contribution in [0.15, 0.2) is 30.3 Å². The van der Waals surface area contributed by atoms with Gasteiger partial charge in [-0.25, -0.2) is 4.39 Å². The molecule has 0 fully saturated rings. The molecule has 0 bridgehead atoms. The monoisotopic (exact) mass is 399 g/mol. The maximum absolute atomic E-state index is 13.8. The van der Waals surface area contributed by atoms with Gasteiger partial charge in [-0.3, -0.25) is 24.6 Å². The number of hydrogen-bond donors (Lipinski definition) is 0. The third kappa shape index (κ3) is 3.39. The van der Waals surface area contributed by atoms with Crippen molar-refractivity contribution in [3.8, 4) is 5.75 Å². The molecule has 29 heavy (non-hydrogen) atoms. The molecule has 2 heterocycles. The van der Waals surface area contributed by atoms with Crippen LogP contribution in [0.3, 0.4) is 0 Å². The van der Waals surface area contributed by atoms with E-state index in [4.69, 9.17) is 4.74 Å². The number of non-ortho nitro benzene ring substituents is 1. The van der Waals surface area contributed by atoms with Crippen molar-refractivity contribution in [2.45, 2.75) is 19.8 Å². The molecule has 2 aromatic rings. The van der Waals surface area contributed by atoms with Gasteiger partial charge >= 0.3 is 0 Å². The van der Waals surface area contributed by atoms with Crippen molar-refractivity contribution < 1.29 is 23.6 Å². The van der Waals surface area contributed by atoms with Gasteiger partial charge in [-0.1, -0.05) is 0 Å². The molecule has 2 aliphatic heterocycles. The van der Waals surface area contributed by atoms with E-state index in [-0.39, 0.29) is 36.3 Å². The van der Waals surface area contributed by atoms with Gasteiger partial charge in [0.15, 0.2) is 6.61 Å². The second-order valence-corrected chi connectivity index (χ2v) is 7.06. The Bertz CT molecular complexity index is 1040. The van der Waals surface area contributed by atoms with Crippen molar-refractivity contribution in [1.29, 1.82) is 0 Å². The van der Waals surface area contributed by atoms with E-state index in [1.165, 1.54) is 35.2 Å². The number of fused-ring (bicyclic) bond motifs is 2. The van der Waals surface area contributed by atoms with Crippen LogP contribution in [0.4, 0.5) is 21.5 Å². The lowest BCUT2D eigenvalue weighted by molar-refractivity contribution is -0.384. The van der Waals surface area contributed by atoms with Crippen LogP contribution in [0.5, 0.6) is 5.75 Å². The Morgan fingerprint density at radius 2 is 2.10 bits per heavy atom. The van der Waals surface area contributed by atoms with E-state index >= 15 is 0 Å². The largest absolute Gasteiger partial charge is 0.482 e. The molecular formula is C20H18FN3O5. The first-order chi connectivity index (χ1) is 13.8. The number of nitrogens with zero attached hydrogens (tertiary/aromatic N) is 3. The number of amides is 2. The van der Waals surface area contributed by atoms with Crippen molar-refractivity contribution >= 4 is 28.9 Å². The van der Waals surface area contributed by atoms with E-state index in [1.807, 2.05) is 0 Å². The molecule has 2 aromatic carbocycles. The average molecular weight is 399 g/mol. The minimum absolute atomic E-state index is 0.192. The summed E-state index contributed by atoms with van der Waals surface area (Å²) in [6, 6.07) is 6.74. The van der Waals surface area contributed by atoms with Gasteiger partial charge in [0, 0.05) is 24.4 Å². The van der Waals surface area contributed by atoms with Crippen LogP contribution >= 0.6 is 0 Å². The van der Waals surface area contributed by atoms with Crippen LogP contribution in [0.1, 0.15) is 17.5 Å². The van der Waals surface area contributed by atoms with E-state index < -0.39 is 10.8 Å². The number of rotatable bonds is 3. The molecule has 2 amide bonds. The fourth-order valence-corrected chi connectivity index (χ4v) is 3.87. The molecule has 8 nitrogen and oxygen atoms in total. The molecule has 0 N–H and O–H groups in total. The zero-order valence-corrected chi connectivity index (χ0v) is 15.7. The number of carbonyl (C=O) groups excluding carboxylic acids is 2. The van der Waals surface area contributed by atoms with Gasteiger partial charge in [-0.2, -0.15) is 0 Å². The average Bonchev–Trinajstić information content (AvgIpc) is 2.68. The summed E-state index contributed by atoms with van der Waals surface area (Å²) in [5.74, 6) is -0.840. The zero-order valence-electron chi connectivity index (χ0n) is 15.7. The standard InChI is InChI=1S/C20H18FN3O5/c1-12-7-14(21)8-13-3-2-6-22(20(12)13)18(25)10-23-16-9-15(24(27)28)4-5-17(16)29-11-19(23)26/h4-5,7-9H,2-3,6,10-11H2,1H3. The highest BCUT2D eigenvalue weighted by Gasteiger charge is 2.32. The molecule has 4 rings (SSSR count). The Morgan fingerprint density at radius 1 is 1.31 bits per heavy atom. The van der Waals surface area contributed by atoms with Gasteiger partial charge in [-0.15, -0.1) is 0 Å². The summed E-state index contributed by atoms with van der Waals surface area (Å²) in [4.78, 5) is 38.8. The van der Waals surface area contributed by atoms with E-state index in [0.29, 0.717) is 36.4 Å². The number of halogens is 1. The molecule has 0 aliphatic carbocycles. The maximum Gasteiger partial charge on any atom is 0.271 e. The molecule has 150 valence electrons. The van der Waals surface area contributed by atoms with Crippen molar-refractivity contribution in [2.75, 3.05) is 29.5 Å². The Labute approximate surface area is 165 Å². The number of nitro benzene ring substituents is 1. The normalized spacial score (nSPS) is 15.4. The summed E-state index contributed by atoms with van der Waals surface area (Å²) in [6.07, 6.45) is 1.35. The highest BCUT2D eigenvalue weighted by atomic mass is 19.1. The highest BCUT2D eigenvalue weighted by Crippen LogP contribution is 2.36. The number of benzene rings is 2. The minimum atomic E-state index is -0.571. The SMILES string of the molecule is Cc1cc(F)cc2c1N(C(=O)CN1C(=O)COc3ccc([N+](=O)[O-])cc31)CCC2. The zero-order chi connectivity index (χ0) is 20.7. The van der Waals surface area contributed by atoms with Crippen LogP contribution in [0.25, 0.3) is 0 Å². The van der Waals surface area contributed by atoms with Crippen LogP contribution < -0.4 is 14.5 Å². The Kier molecular flexibility index (Phi) is 4.65. The van der Waals surface area contributed by atoms with Crippen molar-refractivity contribution in [3.63, 3.8) is 0 Å². The second-order valence-electron chi connectivity index (χ2n) is 7.06. The number of nitro groups is 1. The quantitative estimate of drug-likeness (QED) is 0.584. The van der Waals surface area contributed by atoms with Gasteiger partial charge in [-0.05, 0) is 49.1 Å². The summed E-state index contributed by atoms with van der Waals surface area (Å²) in [7, 11) is 0. The van der Waals surface area contributed by atoms with E-state index in [0.717, 1.165) is 5.56 Å². The number of carbonyl (C=O) groups is 2. The fraction of sp³-hybridized carbons (Fsp3) is 0.300. The molecule has 0 saturated carbocycles. The number of aryl methyl sites for hydroxylation is 2. The molecule has 0 aromatic heterocycles. The summed E-state index contributed by atoms with van der Waals surface area (Å²) in [5.41, 5.74) is 2.07. The van der Waals surface area contributed by atoms with E-state index in [1.54, 1.807) is 11.8 Å². The Balaban J connectivity index is 1.66. The van der Waals surface area contributed by atoms with Crippen LogP contribution in [0, 0.1) is 22.9 Å². The Hall–Kier alpha value is -3.49. The lowest BCUT2D eigenvalue weighted by Gasteiger charge is -2.34. The smallest absolute Gasteiger partial charge is 0.271 e. The van der Waals surface area contributed by atoms with Gasteiger partial charge in [0.1, 0.15) is 18.1 Å². The topological polar surface area (TPSA) is 93.0 Å². The molecule has 0 unspecified atom stereocenters. The molecule has 2 aliphatic rings. The van der Waals surface area contributed by atoms with E-state index in [2.05, 4.69) is 0 Å².